The third-order valence-corrected chi connectivity index (χ3v) is 8.94. The van der Waals surface area contributed by atoms with E-state index in [1.807, 2.05) is 0 Å². The quantitative estimate of drug-likeness (QED) is 0.183. The number of amides is 2. The molecule has 0 unspecified atom stereocenters. The summed E-state index contributed by atoms with van der Waals surface area (Å²) in [7, 11) is 1.18. The Labute approximate surface area is 235 Å². The third kappa shape index (κ3) is 5.31. The van der Waals surface area contributed by atoms with Crippen LogP contribution in [-0.4, -0.2) is 81.7 Å². The lowest BCUT2D eigenvalue weighted by atomic mass is 9.99. The maximum absolute atomic E-state index is 13.4. The number of β-lactam (4-membered cyclic amide) rings is 1. The van der Waals surface area contributed by atoms with Gasteiger partial charge < -0.3 is 30.1 Å². The van der Waals surface area contributed by atoms with Crippen molar-refractivity contribution >= 4 is 50.8 Å². The van der Waals surface area contributed by atoms with E-state index in [1.54, 1.807) is 31.4 Å². The predicted molar refractivity (Wildman–Crippen MR) is 144 cm³/mol. The Morgan fingerprint density at radius 2 is 2.08 bits per heavy atom. The molecule has 3 aliphatic rings. The van der Waals surface area contributed by atoms with Crippen molar-refractivity contribution in [2.75, 3.05) is 32.3 Å². The molecule has 3 aliphatic heterocycles. The van der Waals surface area contributed by atoms with Crippen LogP contribution in [-0.2, 0) is 46.1 Å². The summed E-state index contributed by atoms with van der Waals surface area (Å²) in [5.41, 5.74) is 6.84. The molecule has 0 bridgehead atoms. The average molecular weight is 590 g/mol. The van der Waals surface area contributed by atoms with Crippen LogP contribution in [0.1, 0.15) is 24.1 Å². The van der Waals surface area contributed by atoms with Gasteiger partial charge in [0, 0.05) is 17.6 Å². The summed E-state index contributed by atoms with van der Waals surface area (Å²) in [6.07, 6.45) is 0.946. The molecule has 40 heavy (non-hydrogen) atoms. The molecule has 15 heteroatoms. The zero-order valence-corrected chi connectivity index (χ0v) is 23.3. The highest BCUT2D eigenvalue weighted by atomic mass is 32.2. The number of carbonyl (C=O) groups is 3. The standard InChI is InChI=1S/C25H27N5O8S2/c1-35-14-7-5-13(6-8-14)10-38-24(33)20-15(17-4-3-9-37-17)12-40(34)23-19(22(32)30(20)23)28-21(31)18(29-36-2)16-11-39-25(26)27-16/h5-8,11,17,19,23H,3-4,9-10,12H2,1-2H3,(H2,26,27)(H,28,31)/b29-18-/t17-,19+,23+,40-/m0/s1. The molecule has 5 rings (SSSR count). The van der Waals surface area contributed by atoms with Crippen molar-refractivity contribution in [1.82, 2.24) is 15.2 Å². The largest absolute Gasteiger partial charge is 0.497 e. The Hall–Kier alpha value is -3.82. The van der Waals surface area contributed by atoms with Crippen LogP contribution < -0.4 is 15.8 Å². The third-order valence-electron chi connectivity index (χ3n) is 6.64. The molecule has 1 aromatic carbocycles. The number of oxime groups is 1. The number of hydrogen-bond acceptors (Lipinski definition) is 12. The number of esters is 1. The van der Waals surface area contributed by atoms with E-state index in [9.17, 15) is 18.6 Å². The number of nitrogens with zero attached hydrogens (tertiary/aromatic N) is 3. The van der Waals surface area contributed by atoms with E-state index in [0.717, 1.165) is 28.2 Å². The van der Waals surface area contributed by atoms with Crippen LogP contribution in [0.15, 0.2) is 46.1 Å². The molecule has 0 aliphatic carbocycles. The van der Waals surface area contributed by atoms with Crippen LogP contribution in [0.5, 0.6) is 5.75 Å². The lowest BCUT2D eigenvalue weighted by Crippen LogP contribution is -2.74. The number of nitrogens with one attached hydrogen (secondary N) is 1. The smallest absolute Gasteiger partial charge is 0.355 e. The van der Waals surface area contributed by atoms with Crippen molar-refractivity contribution < 1.29 is 37.6 Å². The molecule has 0 spiro atoms. The van der Waals surface area contributed by atoms with Crippen LogP contribution in [0.2, 0.25) is 0 Å². The van der Waals surface area contributed by atoms with Gasteiger partial charge in [-0.05, 0) is 30.5 Å². The lowest BCUT2D eigenvalue weighted by molar-refractivity contribution is -0.153. The predicted octanol–water partition coefficient (Wildman–Crippen LogP) is 0.676. The molecule has 0 saturated carbocycles. The number of nitrogen functional groups attached to an aromatic ring is 1. The van der Waals surface area contributed by atoms with Crippen molar-refractivity contribution in [1.29, 1.82) is 0 Å². The molecule has 4 heterocycles. The number of anilines is 1. The Morgan fingerprint density at radius 1 is 1.30 bits per heavy atom. The van der Waals surface area contributed by atoms with E-state index >= 15 is 0 Å². The van der Waals surface area contributed by atoms with E-state index < -0.39 is 46.1 Å². The Kier molecular flexibility index (Phi) is 8.14. The molecular weight excluding hydrogens is 562 g/mol. The molecular formula is C25H27N5O8S2. The van der Waals surface area contributed by atoms with Gasteiger partial charge in [-0.3, -0.25) is 18.7 Å². The number of benzene rings is 1. The lowest BCUT2D eigenvalue weighted by Gasteiger charge is -2.49. The van der Waals surface area contributed by atoms with E-state index in [0.29, 0.717) is 24.4 Å². The van der Waals surface area contributed by atoms with Gasteiger partial charge in [-0.25, -0.2) is 9.78 Å². The number of rotatable bonds is 9. The van der Waals surface area contributed by atoms with Crippen LogP contribution in [0.4, 0.5) is 5.13 Å². The SMILES string of the molecule is CO/N=C(\C(=O)N[C@@H]1C(=O)N2C(C(=O)OCc3ccc(OC)cc3)=C([C@@H]3CCCO3)C[S@](=O)[C@H]12)c1csc(N)n1. The molecule has 13 nitrogen and oxygen atoms in total. The van der Waals surface area contributed by atoms with Gasteiger partial charge >= 0.3 is 5.97 Å². The van der Waals surface area contributed by atoms with Crippen molar-refractivity contribution in [3.63, 3.8) is 0 Å². The van der Waals surface area contributed by atoms with E-state index in [-0.39, 0.29) is 34.6 Å². The van der Waals surface area contributed by atoms with Gasteiger partial charge in [0.15, 0.2) is 10.8 Å². The first-order chi connectivity index (χ1) is 19.3. The van der Waals surface area contributed by atoms with Crippen LogP contribution in [0.25, 0.3) is 0 Å². The van der Waals surface area contributed by atoms with Crippen molar-refractivity contribution in [3.05, 3.63) is 52.2 Å². The minimum absolute atomic E-state index is 0.0000895. The Bertz CT molecular complexity index is 1400. The topological polar surface area (TPSA) is 172 Å². The molecule has 2 saturated heterocycles. The number of aromatic nitrogens is 1. The summed E-state index contributed by atoms with van der Waals surface area (Å²) in [6.45, 7) is 0.447. The number of ether oxygens (including phenoxy) is 3. The first-order valence-corrected chi connectivity index (χ1v) is 14.6. The highest BCUT2D eigenvalue weighted by Crippen LogP contribution is 2.38. The summed E-state index contributed by atoms with van der Waals surface area (Å²) in [6, 6.07) is 5.84. The van der Waals surface area contributed by atoms with Gasteiger partial charge in [0.1, 0.15) is 42.3 Å². The zero-order valence-electron chi connectivity index (χ0n) is 21.7. The maximum Gasteiger partial charge on any atom is 0.355 e. The summed E-state index contributed by atoms with van der Waals surface area (Å²) >= 11 is 1.11. The monoisotopic (exact) mass is 589 g/mol. The second-order valence-electron chi connectivity index (χ2n) is 9.07. The molecule has 2 aromatic rings. The minimum atomic E-state index is -1.63. The molecule has 212 valence electrons. The van der Waals surface area contributed by atoms with Crippen molar-refractivity contribution in [3.8, 4) is 5.75 Å². The van der Waals surface area contributed by atoms with Crippen LogP contribution in [0, 0.1) is 0 Å². The first kappa shape index (κ1) is 27.7. The fraction of sp³-hybridized carbons (Fsp3) is 0.400. The zero-order chi connectivity index (χ0) is 28.4. The number of hydrogen-bond donors (Lipinski definition) is 2. The molecule has 4 atom stereocenters. The summed E-state index contributed by atoms with van der Waals surface area (Å²) in [5.74, 6) is -1.44. The van der Waals surface area contributed by atoms with Gasteiger partial charge in [-0.2, -0.15) is 0 Å². The number of thiazole rings is 1. The fourth-order valence-corrected chi connectivity index (χ4v) is 7.01. The van der Waals surface area contributed by atoms with Crippen molar-refractivity contribution in [2.24, 2.45) is 5.16 Å². The Balaban J connectivity index is 1.37. The first-order valence-electron chi connectivity index (χ1n) is 12.3. The number of carbonyl (C=O) groups excluding carboxylic acids is 3. The number of fused-ring (bicyclic) bond motifs is 1. The molecule has 3 N–H and O–H groups in total. The second-order valence-corrected chi connectivity index (χ2v) is 11.5. The van der Waals surface area contributed by atoms with Crippen LogP contribution in [0.3, 0.4) is 0 Å². The summed E-state index contributed by atoms with van der Waals surface area (Å²) in [4.78, 5) is 49.9. The van der Waals surface area contributed by atoms with Gasteiger partial charge in [0.05, 0.1) is 29.8 Å². The fourth-order valence-electron chi connectivity index (χ4n) is 4.73. The van der Waals surface area contributed by atoms with E-state index in [1.165, 1.54) is 12.5 Å². The maximum atomic E-state index is 13.4. The highest BCUT2D eigenvalue weighted by Gasteiger charge is 2.58. The van der Waals surface area contributed by atoms with Gasteiger partial charge in [0.2, 0.25) is 0 Å². The second kappa shape index (κ2) is 11.7. The van der Waals surface area contributed by atoms with E-state index in [4.69, 9.17) is 24.8 Å². The molecule has 0 radical (unpaired) electrons. The molecule has 2 fully saturated rings. The van der Waals surface area contributed by atoms with Gasteiger partial charge in [-0.15, -0.1) is 11.3 Å². The Morgan fingerprint density at radius 3 is 2.70 bits per heavy atom. The van der Waals surface area contributed by atoms with Crippen LogP contribution >= 0.6 is 11.3 Å². The summed E-state index contributed by atoms with van der Waals surface area (Å²) < 4.78 is 29.9. The molecule has 1 aromatic heterocycles. The minimum Gasteiger partial charge on any atom is -0.497 e. The molecule has 2 amide bonds. The average Bonchev–Trinajstić information content (AvgIpc) is 3.65. The summed E-state index contributed by atoms with van der Waals surface area (Å²) in [5, 5.41) is 7.06. The highest BCUT2D eigenvalue weighted by molar-refractivity contribution is 7.86. The van der Waals surface area contributed by atoms with E-state index in [2.05, 4.69) is 15.5 Å². The number of nitrogens with two attached hydrogens (primary N) is 1. The van der Waals surface area contributed by atoms with Gasteiger partial charge in [-0.1, -0.05) is 17.3 Å². The van der Waals surface area contributed by atoms with Crippen molar-refractivity contribution in [2.45, 2.75) is 37.0 Å². The normalized spacial score (nSPS) is 24.3. The number of methoxy groups -OCH3 is 1. The van der Waals surface area contributed by atoms with Gasteiger partial charge in [0.25, 0.3) is 11.8 Å².